The van der Waals surface area contributed by atoms with Gasteiger partial charge in [-0.1, -0.05) is 37.6 Å². The van der Waals surface area contributed by atoms with Gasteiger partial charge in [-0.25, -0.2) is 0 Å². The highest BCUT2D eigenvalue weighted by Crippen LogP contribution is 2.59. The molecule has 0 fully saturated rings. The van der Waals surface area contributed by atoms with Crippen LogP contribution in [-0.4, -0.2) is 34.9 Å². The molecule has 0 spiro atoms. The lowest BCUT2D eigenvalue weighted by Gasteiger charge is -2.30. The highest BCUT2D eigenvalue weighted by atomic mass is 31.2. The first-order valence-electron chi connectivity index (χ1n) is 11.5. The van der Waals surface area contributed by atoms with E-state index < -0.39 is 13.2 Å². The van der Waals surface area contributed by atoms with E-state index in [1.165, 1.54) is 0 Å². The van der Waals surface area contributed by atoms with Gasteiger partial charge in [0.05, 0.1) is 20.8 Å². The zero-order valence-corrected chi connectivity index (χ0v) is 21.5. The van der Waals surface area contributed by atoms with Crippen molar-refractivity contribution in [2.24, 2.45) is 0 Å². The molecule has 0 aliphatic rings. The molecule has 0 saturated heterocycles. The number of para-hydroxylation sites is 1. The van der Waals surface area contributed by atoms with E-state index in [2.05, 4.69) is 12.2 Å². The Kier molecular flexibility index (Phi) is 9.03. The van der Waals surface area contributed by atoms with Gasteiger partial charge in [-0.3, -0.25) is 4.57 Å². The standard InChI is InChI=1S/C27H35N2O4P/c1-6-7-19-33-34(30,24-16-14-23(15-17-24)29(2)3)27(28-22-11-9-8-10-12-22)21-13-18-25(31-4)26(20-21)32-5/h8-18,20,27-28H,6-7,19H2,1-5H3/t27-,34+/m0/s1. The molecule has 0 aromatic heterocycles. The van der Waals surface area contributed by atoms with Gasteiger partial charge in [0, 0.05) is 30.8 Å². The van der Waals surface area contributed by atoms with Gasteiger partial charge in [-0.05, 0) is 60.5 Å². The molecule has 0 aliphatic heterocycles. The third-order valence-electron chi connectivity index (χ3n) is 5.65. The molecule has 0 saturated carbocycles. The molecule has 6 nitrogen and oxygen atoms in total. The lowest BCUT2D eigenvalue weighted by atomic mass is 10.2. The first-order valence-corrected chi connectivity index (χ1v) is 13.2. The number of anilines is 2. The van der Waals surface area contributed by atoms with Crippen molar-refractivity contribution in [1.29, 1.82) is 0 Å². The summed E-state index contributed by atoms with van der Waals surface area (Å²) in [5.41, 5.74) is 2.67. The second-order valence-corrected chi connectivity index (χ2v) is 10.7. The van der Waals surface area contributed by atoms with Gasteiger partial charge in [0.1, 0.15) is 5.78 Å². The largest absolute Gasteiger partial charge is 0.493 e. The summed E-state index contributed by atoms with van der Waals surface area (Å²) in [7, 11) is 3.73. The fraction of sp³-hybridized carbons (Fsp3) is 0.333. The quantitative estimate of drug-likeness (QED) is 0.241. The van der Waals surface area contributed by atoms with E-state index in [1.54, 1.807) is 14.2 Å². The Balaban J connectivity index is 2.15. The van der Waals surface area contributed by atoms with Crippen molar-refractivity contribution in [2.75, 3.05) is 45.1 Å². The summed E-state index contributed by atoms with van der Waals surface area (Å²) in [4.78, 5) is 2.01. The minimum absolute atomic E-state index is 0.406. The smallest absolute Gasteiger partial charge is 0.258 e. The van der Waals surface area contributed by atoms with Crippen LogP contribution in [0.5, 0.6) is 11.5 Å². The lowest BCUT2D eigenvalue weighted by molar-refractivity contribution is 0.308. The van der Waals surface area contributed by atoms with Crippen LogP contribution < -0.4 is 25.0 Å². The second kappa shape index (κ2) is 12.0. The van der Waals surface area contributed by atoms with Gasteiger partial charge in [0.15, 0.2) is 11.5 Å². The second-order valence-electron chi connectivity index (χ2n) is 8.22. The van der Waals surface area contributed by atoms with Gasteiger partial charge >= 0.3 is 0 Å². The zero-order chi connectivity index (χ0) is 24.6. The fourth-order valence-electron chi connectivity index (χ4n) is 3.68. The minimum Gasteiger partial charge on any atom is -0.493 e. The van der Waals surface area contributed by atoms with Crippen LogP contribution >= 0.6 is 7.37 Å². The molecule has 3 aromatic rings. The van der Waals surface area contributed by atoms with Crippen molar-refractivity contribution in [3.05, 3.63) is 78.4 Å². The van der Waals surface area contributed by atoms with E-state index in [4.69, 9.17) is 14.0 Å². The molecule has 0 amide bonds. The maximum atomic E-state index is 14.9. The number of nitrogens with one attached hydrogen (secondary N) is 1. The Morgan fingerprint density at radius 2 is 1.59 bits per heavy atom. The Bertz CT molecular complexity index is 1090. The van der Waals surface area contributed by atoms with Crippen molar-refractivity contribution in [1.82, 2.24) is 0 Å². The number of unbranched alkanes of at least 4 members (excludes halogenated alkanes) is 1. The van der Waals surface area contributed by atoms with E-state index in [-0.39, 0.29) is 0 Å². The third kappa shape index (κ3) is 5.94. The molecule has 2 atom stereocenters. The average molecular weight is 483 g/mol. The molecule has 3 rings (SSSR count). The molecular formula is C27H35N2O4P. The van der Waals surface area contributed by atoms with Crippen LogP contribution in [0, 0.1) is 0 Å². The maximum Gasteiger partial charge on any atom is 0.258 e. The monoisotopic (exact) mass is 482 g/mol. The van der Waals surface area contributed by atoms with Crippen LogP contribution in [0.2, 0.25) is 0 Å². The number of ether oxygens (including phenoxy) is 2. The summed E-state index contributed by atoms with van der Waals surface area (Å²) in [5.74, 6) is 0.557. The number of nitrogens with zero attached hydrogens (tertiary/aromatic N) is 1. The maximum absolute atomic E-state index is 14.9. The van der Waals surface area contributed by atoms with Crippen molar-refractivity contribution in [3.63, 3.8) is 0 Å². The molecule has 182 valence electrons. The third-order valence-corrected chi connectivity index (χ3v) is 8.34. The molecular weight excluding hydrogens is 447 g/mol. The van der Waals surface area contributed by atoms with E-state index in [0.717, 1.165) is 29.8 Å². The van der Waals surface area contributed by atoms with Crippen LogP contribution in [0.15, 0.2) is 72.8 Å². The Hall–Kier alpha value is -2.95. The summed E-state index contributed by atoms with van der Waals surface area (Å²) in [5, 5.41) is 4.16. The minimum atomic E-state index is -3.43. The van der Waals surface area contributed by atoms with Crippen LogP contribution in [0.3, 0.4) is 0 Å². The van der Waals surface area contributed by atoms with E-state index in [9.17, 15) is 4.57 Å². The van der Waals surface area contributed by atoms with Gasteiger partial charge in [-0.2, -0.15) is 0 Å². The van der Waals surface area contributed by atoms with E-state index >= 15 is 0 Å². The van der Waals surface area contributed by atoms with Crippen molar-refractivity contribution >= 4 is 24.0 Å². The number of rotatable bonds is 12. The molecule has 1 N–H and O–H groups in total. The predicted octanol–water partition coefficient (Wildman–Crippen LogP) is 6.30. The Labute approximate surface area is 203 Å². The lowest BCUT2D eigenvalue weighted by Crippen LogP contribution is -2.21. The summed E-state index contributed by atoms with van der Waals surface area (Å²) in [6, 6.07) is 23.1. The van der Waals surface area contributed by atoms with Gasteiger partial charge in [-0.15, -0.1) is 0 Å². The molecule has 0 radical (unpaired) electrons. The summed E-state index contributed by atoms with van der Waals surface area (Å²) >= 11 is 0. The predicted molar refractivity (Wildman–Crippen MR) is 141 cm³/mol. The van der Waals surface area contributed by atoms with Crippen LogP contribution in [0.25, 0.3) is 0 Å². The summed E-state index contributed by atoms with van der Waals surface area (Å²) in [6.07, 6.45) is 1.77. The zero-order valence-electron chi connectivity index (χ0n) is 20.7. The van der Waals surface area contributed by atoms with Gasteiger partial charge < -0.3 is 24.2 Å². The fourth-order valence-corrected chi connectivity index (χ4v) is 6.11. The van der Waals surface area contributed by atoms with Crippen LogP contribution in [0.4, 0.5) is 11.4 Å². The molecule has 3 aromatic carbocycles. The number of benzene rings is 3. The average Bonchev–Trinajstić information content (AvgIpc) is 2.87. The molecule has 0 bridgehead atoms. The molecule has 0 unspecified atom stereocenters. The first-order chi connectivity index (χ1) is 16.4. The molecule has 7 heteroatoms. The molecule has 0 heterocycles. The van der Waals surface area contributed by atoms with Gasteiger partial charge in [0.2, 0.25) is 0 Å². The normalized spacial score (nSPS) is 13.6. The number of hydrogen-bond acceptors (Lipinski definition) is 6. The SMILES string of the molecule is CCCCO[P@](=O)(c1ccc(N(C)C)cc1)[C@H](Nc1ccccc1)c1ccc(OC)c(OC)c1. The van der Waals surface area contributed by atoms with E-state index in [1.807, 2.05) is 91.8 Å². The first kappa shape index (κ1) is 25.7. The summed E-state index contributed by atoms with van der Waals surface area (Å²) < 4.78 is 32.1. The molecule has 0 aliphatic carbocycles. The summed E-state index contributed by atoms with van der Waals surface area (Å²) in [6.45, 7) is 2.50. The van der Waals surface area contributed by atoms with Crippen molar-refractivity contribution in [2.45, 2.75) is 25.5 Å². The van der Waals surface area contributed by atoms with E-state index in [0.29, 0.717) is 23.4 Å². The van der Waals surface area contributed by atoms with Gasteiger partial charge in [0.25, 0.3) is 7.37 Å². The molecule has 34 heavy (non-hydrogen) atoms. The topological polar surface area (TPSA) is 60.0 Å². The Morgan fingerprint density at radius 3 is 2.18 bits per heavy atom. The number of hydrogen-bond donors (Lipinski definition) is 1. The van der Waals surface area contributed by atoms with Crippen molar-refractivity contribution in [3.8, 4) is 11.5 Å². The number of methoxy groups -OCH3 is 2. The highest BCUT2D eigenvalue weighted by molar-refractivity contribution is 7.67. The Morgan fingerprint density at radius 1 is 0.912 bits per heavy atom. The van der Waals surface area contributed by atoms with Crippen molar-refractivity contribution < 1.29 is 18.6 Å². The van der Waals surface area contributed by atoms with Crippen LogP contribution in [0.1, 0.15) is 31.1 Å². The van der Waals surface area contributed by atoms with Crippen LogP contribution in [-0.2, 0) is 9.09 Å². The highest BCUT2D eigenvalue weighted by Gasteiger charge is 2.38.